The van der Waals surface area contributed by atoms with Crippen molar-refractivity contribution in [3.05, 3.63) is 0 Å². The molecule has 0 aromatic carbocycles. The van der Waals surface area contributed by atoms with Crippen LogP contribution in [0.25, 0.3) is 0 Å². The monoisotopic (exact) mass is 166 g/mol. The lowest BCUT2D eigenvalue weighted by molar-refractivity contribution is 0.112. The van der Waals surface area contributed by atoms with Crippen molar-refractivity contribution in [3.8, 4) is 0 Å². The molecule has 2 aliphatic rings. The molecule has 0 amide bonds. The molecule has 2 fully saturated rings. The van der Waals surface area contributed by atoms with Crippen LogP contribution in [0.2, 0.25) is 0 Å². The van der Waals surface area contributed by atoms with Gasteiger partial charge in [0, 0.05) is 0 Å². The maximum absolute atomic E-state index is 2.50. The van der Waals surface area contributed by atoms with Gasteiger partial charge in [-0.15, -0.1) is 0 Å². The van der Waals surface area contributed by atoms with Crippen molar-refractivity contribution in [2.45, 2.75) is 59.3 Å². The smallest absolute Gasteiger partial charge is 0.0244 e. The lowest BCUT2D eigenvalue weighted by Gasteiger charge is -2.38. The zero-order valence-corrected chi connectivity index (χ0v) is 8.82. The number of hydrogen-bond acceptors (Lipinski definition) is 0. The van der Waals surface area contributed by atoms with Crippen LogP contribution in [0.3, 0.4) is 0 Å². The molecule has 2 unspecified atom stereocenters. The van der Waals surface area contributed by atoms with Crippen LogP contribution in [0.5, 0.6) is 0 Å². The first-order chi connectivity index (χ1) is 5.56. The fourth-order valence-corrected chi connectivity index (χ4v) is 3.71. The van der Waals surface area contributed by atoms with Crippen LogP contribution in [-0.4, -0.2) is 0 Å². The third kappa shape index (κ3) is 1.03. The molecule has 0 aliphatic heterocycles. The van der Waals surface area contributed by atoms with Gasteiger partial charge in [0.05, 0.1) is 0 Å². The maximum Gasteiger partial charge on any atom is -0.0244 e. The van der Waals surface area contributed by atoms with Crippen LogP contribution < -0.4 is 0 Å². The van der Waals surface area contributed by atoms with Crippen LogP contribution in [0, 0.1) is 16.7 Å². The molecule has 2 rings (SSSR count). The number of hydrogen-bond donors (Lipinski definition) is 0. The van der Waals surface area contributed by atoms with Gasteiger partial charge in [-0.1, -0.05) is 33.6 Å². The molecule has 70 valence electrons. The highest BCUT2D eigenvalue weighted by Gasteiger charge is 2.51. The average molecular weight is 166 g/mol. The molecule has 2 atom stereocenters. The fourth-order valence-electron chi connectivity index (χ4n) is 3.71. The van der Waals surface area contributed by atoms with E-state index >= 15 is 0 Å². The fraction of sp³-hybridized carbons (Fsp3) is 1.00. The van der Waals surface area contributed by atoms with Crippen LogP contribution in [0.4, 0.5) is 0 Å². The second-order valence-corrected chi connectivity index (χ2v) is 5.87. The molecular weight excluding hydrogens is 144 g/mol. The molecule has 0 aromatic heterocycles. The third-order valence-corrected chi connectivity index (χ3v) is 4.75. The average Bonchev–Trinajstić information content (AvgIpc) is 2.43. The van der Waals surface area contributed by atoms with E-state index in [1.165, 1.54) is 38.5 Å². The molecule has 0 bridgehead atoms. The Morgan fingerprint density at radius 1 is 1.08 bits per heavy atom. The van der Waals surface area contributed by atoms with Crippen molar-refractivity contribution in [3.63, 3.8) is 0 Å². The maximum atomic E-state index is 2.50. The molecule has 1 spiro atoms. The summed E-state index contributed by atoms with van der Waals surface area (Å²) in [6.45, 7) is 7.43. The van der Waals surface area contributed by atoms with Crippen molar-refractivity contribution < 1.29 is 0 Å². The standard InChI is InChI=1S/C12H22/c1-10-5-8-12(9-10)7-4-6-11(12,2)3/h10H,4-9H2,1-3H3. The lowest BCUT2D eigenvalue weighted by Crippen LogP contribution is -2.29. The Morgan fingerprint density at radius 3 is 2.25 bits per heavy atom. The van der Waals surface area contributed by atoms with Gasteiger partial charge in [-0.25, -0.2) is 0 Å². The summed E-state index contributed by atoms with van der Waals surface area (Å²) in [5.41, 5.74) is 1.41. The normalized spacial score (nSPS) is 45.8. The Kier molecular flexibility index (Phi) is 1.79. The second kappa shape index (κ2) is 2.49. The number of rotatable bonds is 0. The Bertz CT molecular complexity index is 180. The first-order valence-corrected chi connectivity index (χ1v) is 5.56. The highest BCUT2D eigenvalue weighted by molar-refractivity contribution is 5.01. The summed E-state index contributed by atoms with van der Waals surface area (Å²) in [5.74, 6) is 1.00. The van der Waals surface area contributed by atoms with Crippen molar-refractivity contribution >= 4 is 0 Å². The zero-order chi connectivity index (χ0) is 8.82. The molecule has 0 heteroatoms. The topological polar surface area (TPSA) is 0 Å². The van der Waals surface area contributed by atoms with E-state index in [2.05, 4.69) is 20.8 Å². The van der Waals surface area contributed by atoms with Gasteiger partial charge < -0.3 is 0 Å². The van der Waals surface area contributed by atoms with E-state index in [9.17, 15) is 0 Å². The Morgan fingerprint density at radius 2 is 1.83 bits per heavy atom. The summed E-state index contributed by atoms with van der Waals surface area (Å²) < 4.78 is 0. The largest absolute Gasteiger partial charge is 0.0625 e. The van der Waals surface area contributed by atoms with Crippen molar-refractivity contribution in [2.75, 3.05) is 0 Å². The minimum atomic E-state index is 0.651. The van der Waals surface area contributed by atoms with Crippen molar-refractivity contribution in [2.24, 2.45) is 16.7 Å². The summed E-state index contributed by atoms with van der Waals surface area (Å²) in [6, 6.07) is 0. The van der Waals surface area contributed by atoms with E-state index in [0.29, 0.717) is 5.41 Å². The van der Waals surface area contributed by atoms with Crippen LogP contribution in [0.1, 0.15) is 59.3 Å². The third-order valence-electron chi connectivity index (χ3n) is 4.75. The first kappa shape index (κ1) is 8.59. The van der Waals surface area contributed by atoms with Gasteiger partial charge in [0.15, 0.2) is 0 Å². The highest BCUT2D eigenvalue weighted by Crippen LogP contribution is 2.62. The summed E-state index contributed by atoms with van der Waals surface area (Å²) in [4.78, 5) is 0. The summed E-state index contributed by atoms with van der Waals surface area (Å²) in [7, 11) is 0. The molecular formula is C12H22. The Balaban J connectivity index is 2.20. The Hall–Kier alpha value is 0. The summed E-state index contributed by atoms with van der Waals surface area (Å²) >= 11 is 0. The van der Waals surface area contributed by atoms with E-state index in [0.717, 1.165) is 11.3 Å². The summed E-state index contributed by atoms with van der Waals surface area (Å²) in [5, 5.41) is 0. The SMILES string of the molecule is CC1CCC2(CCCC2(C)C)C1. The molecule has 0 radical (unpaired) electrons. The van der Waals surface area contributed by atoms with E-state index < -0.39 is 0 Å². The van der Waals surface area contributed by atoms with Crippen molar-refractivity contribution in [1.82, 2.24) is 0 Å². The van der Waals surface area contributed by atoms with Crippen LogP contribution in [0.15, 0.2) is 0 Å². The van der Waals surface area contributed by atoms with Crippen molar-refractivity contribution in [1.29, 1.82) is 0 Å². The molecule has 0 heterocycles. The van der Waals surface area contributed by atoms with E-state index in [-0.39, 0.29) is 0 Å². The molecule has 2 saturated carbocycles. The quantitative estimate of drug-likeness (QED) is 0.510. The molecule has 0 nitrogen and oxygen atoms in total. The lowest BCUT2D eigenvalue weighted by atomic mass is 9.66. The first-order valence-electron chi connectivity index (χ1n) is 5.56. The minimum absolute atomic E-state index is 0.651. The van der Waals surface area contributed by atoms with Gasteiger partial charge in [0.25, 0.3) is 0 Å². The van der Waals surface area contributed by atoms with Gasteiger partial charge in [-0.05, 0) is 42.4 Å². The van der Waals surface area contributed by atoms with Gasteiger partial charge in [0.1, 0.15) is 0 Å². The second-order valence-electron chi connectivity index (χ2n) is 5.87. The molecule has 2 aliphatic carbocycles. The van der Waals surface area contributed by atoms with Gasteiger partial charge in [0.2, 0.25) is 0 Å². The van der Waals surface area contributed by atoms with Crippen LogP contribution in [-0.2, 0) is 0 Å². The predicted octanol–water partition coefficient (Wildman–Crippen LogP) is 4.00. The minimum Gasteiger partial charge on any atom is -0.0625 e. The van der Waals surface area contributed by atoms with Gasteiger partial charge in [-0.3, -0.25) is 0 Å². The molecule has 0 N–H and O–H groups in total. The predicted molar refractivity (Wildman–Crippen MR) is 53.1 cm³/mol. The molecule has 12 heavy (non-hydrogen) atoms. The van der Waals surface area contributed by atoms with E-state index in [1.54, 1.807) is 0 Å². The van der Waals surface area contributed by atoms with Gasteiger partial charge in [-0.2, -0.15) is 0 Å². The van der Waals surface area contributed by atoms with Gasteiger partial charge >= 0.3 is 0 Å². The van der Waals surface area contributed by atoms with E-state index in [1.807, 2.05) is 0 Å². The molecule has 0 saturated heterocycles. The Labute approximate surface area is 76.7 Å². The van der Waals surface area contributed by atoms with E-state index in [4.69, 9.17) is 0 Å². The summed E-state index contributed by atoms with van der Waals surface area (Å²) in [6.07, 6.45) is 8.99. The zero-order valence-electron chi connectivity index (χ0n) is 8.82. The highest BCUT2D eigenvalue weighted by atomic mass is 14.6. The van der Waals surface area contributed by atoms with Crippen LogP contribution >= 0.6 is 0 Å². The molecule has 0 aromatic rings.